The number of hydrogen-bond donors (Lipinski definition) is 2. The molecule has 0 saturated heterocycles. The predicted molar refractivity (Wildman–Crippen MR) is 74.5 cm³/mol. The van der Waals surface area contributed by atoms with Gasteiger partial charge in [-0.25, -0.2) is 4.79 Å². The molecule has 0 aliphatic carbocycles. The molecule has 0 spiro atoms. The Kier molecular flexibility index (Phi) is 11.6. The first-order valence-electron chi connectivity index (χ1n) is 7.14. The van der Waals surface area contributed by atoms with Gasteiger partial charge in [0, 0.05) is 0 Å². The number of para-hydroxylation sites is 1. The fraction of sp³-hybridized carbons (Fsp3) is 0.533. The molecule has 1 aromatic rings. The molecule has 0 radical (unpaired) electrons. The Hall–Kier alpha value is -0.887. The van der Waals surface area contributed by atoms with E-state index in [0.717, 1.165) is 0 Å². The smallest absolute Gasteiger partial charge is 0.339 e. The van der Waals surface area contributed by atoms with E-state index in [1.807, 2.05) is 0 Å². The van der Waals surface area contributed by atoms with Gasteiger partial charge in [0.1, 0.15) is 11.3 Å². The number of aromatic carboxylic acids is 1. The first-order chi connectivity index (χ1) is 9.13. The van der Waals surface area contributed by atoms with Crippen molar-refractivity contribution >= 4 is 5.97 Å². The number of carbonyl (C=O) groups is 1. The second kappa shape index (κ2) is 12.2. The van der Waals surface area contributed by atoms with Gasteiger partial charge >= 0.3 is 72.7 Å². The number of rotatable bonds is 7. The SMILES string of the molecule is CCC[CH2][Zn][CH2]CCC.O=C(O)c1ccccc1O. The van der Waals surface area contributed by atoms with E-state index in [1.165, 1.54) is 37.8 Å². The second-order valence-corrected chi connectivity index (χ2v) is 9.04. The molecule has 4 heteroatoms. The van der Waals surface area contributed by atoms with Crippen LogP contribution in [0.4, 0.5) is 0 Å². The Morgan fingerprint density at radius 1 is 1.11 bits per heavy atom. The zero-order valence-electron chi connectivity index (χ0n) is 12.1. The third-order valence-electron chi connectivity index (χ3n) is 2.84. The number of carboxylic acid groups (broad SMARTS) is 1. The first kappa shape index (κ1) is 18.1. The molecule has 3 nitrogen and oxygen atoms in total. The summed E-state index contributed by atoms with van der Waals surface area (Å²) in [5.41, 5.74) is -0.0671. The van der Waals surface area contributed by atoms with Gasteiger partial charge in [-0.15, -0.1) is 0 Å². The summed E-state index contributed by atoms with van der Waals surface area (Å²) < 4.78 is 0. The van der Waals surface area contributed by atoms with Gasteiger partial charge in [-0.3, -0.25) is 0 Å². The standard InChI is InChI=1S/C7H6O3.2C4H9.Zn/c8-6-4-2-1-3-5(6)7(9)10;2*1-3-4-2;/h1-4,8H,(H,9,10);2*1,3-4H2,2H3;. The number of aromatic hydroxyl groups is 1. The maximum absolute atomic E-state index is 10.3. The quantitative estimate of drug-likeness (QED) is 0.571. The zero-order chi connectivity index (χ0) is 14.5. The minimum Gasteiger partial charge on any atom is -0.507 e. The monoisotopic (exact) mass is 316 g/mol. The molecule has 0 aliphatic rings. The van der Waals surface area contributed by atoms with Crippen LogP contribution in [0.5, 0.6) is 5.75 Å². The van der Waals surface area contributed by atoms with Crippen LogP contribution in [-0.4, -0.2) is 16.2 Å². The first-order valence-corrected chi connectivity index (χ1v) is 11.3. The molecule has 0 aliphatic heterocycles. The van der Waals surface area contributed by atoms with Crippen molar-refractivity contribution in [3.8, 4) is 5.75 Å². The van der Waals surface area contributed by atoms with Gasteiger partial charge in [0.15, 0.2) is 0 Å². The minimum absolute atomic E-state index is 0.0146. The molecule has 0 aromatic heterocycles. The molecule has 104 valence electrons. The van der Waals surface area contributed by atoms with Crippen molar-refractivity contribution in [1.82, 2.24) is 0 Å². The molecule has 0 fully saturated rings. The molecular weight excluding hydrogens is 294 g/mol. The number of benzene rings is 1. The summed E-state index contributed by atoms with van der Waals surface area (Å²) in [4.78, 5) is 10.3. The van der Waals surface area contributed by atoms with Gasteiger partial charge in [0.05, 0.1) is 0 Å². The van der Waals surface area contributed by atoms with E-state index in [9.17, 15) is 4.79 Å². The summed E-state index contributed by atoms with van der Waals surface area (Å²) in [7, 11) is 0. The van der Waals surface area contributed by atoms with Crippen LogP contribution in [0.25, 0.3) is 0 Å². The average Bonchev–Trinajstić information content (AvgIpc) is 2.40. The Labute approximate surface area is 123 Å². The number of unbranched alkanes of at least 4 members (excludes halogenated alkanes) is 2. The van der Waals surface area contributed by atoms with Crippen LogP contribution >= 0.6 is 0 Å². The summed E-state index contributed by atoms with van der Waals surface area (Å²) in [6.45, 7) is 4.59. The van der Waals surface area contributed by atoms with Crippen LogP contribution in [-0.2, 0) is 17.1 Å². The molecule has 0 amide bonds. The Bertz CT molecular complexity index is 347. The van der Waals surface area contributed by atoms with Crippen LogP contribution in [0, 0.1) is 0 Å². The normalized spacial score (nSPS) is 9.16. The summed E-state index contributed by atoms with van der Waals surface area (Å²) in [6, 6.07) is 5.81. The second-order valence-electron chi connectivity index (χ2n) is 4.59. The molecule has 0 heterocycles. The summed E-state index contributed by atoms with van der Waals surface area (Å²) in [6.07, 6.45) is 5.86. The topological polar surface area (TPSA) is 57.5 Å². The Balaban J connectivity index is 0.000000344. The van der Waals surface area contributed by atoms with Gasteiger partial charge in [0.2, 0.25) is 0 Å². The van der Waals surface area contributed by atoms with Crippen molar-refractivity contribution in [2.24, 2.45) is 0 Å². The van der Waals surface area contributed by atoms with E-state index in [2.05, 4.69) is 13.8 Å². The van der Waals surface area contributed by atoms with Gasteiger partial charge in [-0.2, -0.15) is 0 Å². The molecular formula is C15H24O3Zn. The van der Waals surface area contributed by atoms with Crippen LogP contribution in [0.1, 0.15) is 49.9 Å². The molecule has 0 atom stereocenters. The summed E-state index contributed by atoms with van der Waals surface area (Å²) in [5, 5.41) is 20.6. The predicted octanol–water partition coefficient (Wildman–Crippen LogP) is 4.60. The van der Waals surface area contributed by atoms with Crippen molar-refractivity contribution in [2.75, 3.05) is 0 Å². The van der Waals surface area contributed by atoms with Crippen molar-refractivity contribution in [3.63, 3.8) is 0 Å². The van der Waals surface area contributed by atoms with Gasteiger partial charge in [0.25, 0.3) is 0 Å². The molecule has 19 heavy (non-hydrogen) atoms. The van der Waals surface area contributed by atoms with Crippen LogP contribution < -0.4 is 0 Å². The van der Waals surface area contributed by atoms with Crippen molar-refractivity contribution in [1.29, 1.82) is 0 Å². The molecule has 1 rings (SSSR count). The van der Waals surface area contributed by atoms with E-state index in [0.29, 0.717) is 0 Å². The number of hydrogen-bond acceptors (Lipinski definition) is 2. The maximum atomic E-state index is 10.3. The molecule has 0 saturated carbocycles. The fourth-order valence-electron chi connectivity index (χ4n) is 1.68. The zero-order valence-corrected chi connectivity index (χ0v) is 15.0. The maximum Gasteiger partial charge on any atom is 0.339 e. The molecule has 0 bridgehead atoms. The van der Waals surface area contributed by atoms with Crippen LogP contribution in [0.15, 0.2) is 24.3 Å². The van der Waals surface area contributed by atoms with E-state index in [4.69, 9.17) is 10.2 Å². The van der Waals surface area contributed by atoms with Crippen LogP contribution in [0.3, 0.4) is 0 Å². The molecule has 0 unspecified atom stereocenters. The Morgan fingerprint density at radius 3 is 2.00 bits per heavy atom. The third-order valence-corrected chi connectivity index (χ3v) is 7.04. The van der Waals surface area contributed by atoms with Gasteiger partial charge in [-0.05, 0) is 12.1 Å². The number of phenols is 1. The van der Waals surface area contributed by atoms with Gasteiger partial charge < -0.3 is 10.2 Å². The Morgan fingerprint density at radius 2 is 1.63 bits per heavy atom. The van der Waals surface area contributed by atoms with E-state index >= 15 is 0 Å². The van der Waals surface area contributed by atoms with Crippen molar-refractivity contribution in [3.05, 3.63) is 29.8 Å². The van der Waals surface area contributed by atoms with E-state index in [1.54, 1.807) is 22.2 Å². The van der Waals surface area contributed by atoms with E-state index < -0.39 is 5.97 Å². The minimum atomic E-state index is -1.11. The van der Waals surface area contributed by atoms with E-state index in [-0.39, 0.29) is 28.4 Å². The van der Waals surface area contributed by atoms with Crippen molar-refractivity contribution in [2.45, 2.75) is 49.6 Å². The summed E-state index contributed by atoms with van der Waals surface area (Å²) in [5.74, 6) is -1.31. The third kappa shape index (κ3) is 9.66. The fourth-order valence-corrected chi connectivity index (χ4v) is 6.01. The number of carboxylic acids is 1. The largest absolute Gasteiger partial charge is 0.507 e. The average molecular weight is 318 g/mol. The van der Waals surface area contributed by atoms with Crippen LogP contribution in [0.2, 0.25) is 10.0 Å². The van der Waals surface area contributed by atoms with Crippen molar-refractivity contribution < 1.29 is 32.1 Å². The molecule has 1 aromatic carbocycles. The summed E-state index contributed by atoms with van der Waals surface area (Å²) >= 11 is 0.0146. The van der Waals surface area contributed by atoms with Gasteiger partial charge in [-0.1, -0.05) is 12.1 Å². The molecule has 2 N–H and O–H groups in total.